The minimum absolute atomic E-state index is 0.741. The van der Waals surface area contributed by atoms with Crippen molar-refractivity contribution in [2.75, 3.05) is 6.54 Å². The summed E-state index contributed by atoms with van der Waals surface area (Å²) in [5.74, 6) is 1.03. The highest BCUT2D eigenvalue weighted by molar-refractivity contribution is 4.76. The van der Waals surface area contributed by atoms with Gasteiger partial charge in [0.05, 0.1) is 0 Å². The van der Waals surface area contributed by atoms with Gasteiger partial charge in [-0.15, -0.1) is 0 Å². The third-order valence-electron chi connectivity index (χ3n) is 2.17. The van der Waals surface area contributed by atoms with Gasteiger partial charge >= 0.3 is 0 Å². The van der Waals surface area contributed by atoms with E-state index in [4.69, 9.17) is 0 Å². The van der Waals surface area contributed by atoms with Crippen LogP contribution in [0.1, 0.15) is 39.5 Å². The molecule has 0 amide bonds. The molecule has 10 heavy (non-hydrogen) atoms. The van der Waals surface area contributed by atoms with Crippen molar-refractivity contribution in [3.8, 4) is 0 Å². The van der Waals surface area contributed by atoms with Gasteiger partial charge in [-0.05, 0) is 38.6 Å². The molecule has 60 valence electrons. The summed E-state index contributed by atoms with van der Waals surface area (Å²) in [7, 11) is 0. The lowest BCUT2D eigenvalue weighted by molar-refractivity contribution is 0.494. The fourth-order valence-electron chi connectivity index (χ4n) is 1.22. The van der Waals surface area contributed by atoms with Crippen LogP contribution in [0.5, 0.6) is 0 Å². The molecule has 1 N–H and O–H groups in total. The zero-order chi connectivity index (χ0) is 7.40. The lowest BCUT2D eigenvalue weighted by Crippen LogP contribution is -2.27. The fraction of sp³-hybridized carbons (Fsp3) is 1.00. The number of rotatable bonds is 5. The predicted molar refractivity (Wildman–Crippen MR) is 45.1 cm³/mol. The monoisotopic (exact) mass is 141 g/mol. The summed E-state index contributed by atoms with van der Waals surface area (Å²) < 4.78 is 0. The molecule has 0 saturated heterocycles. The van der Waals surface area contributed by atoms with Crippen molar-refractivity contribution in [1.29, 1.82) is 0 Å². The Kier molecular flexibility index (Phi) is 3.20. The van der Waals surface area contributed by atoms with E-state index in [0.29, 0.717) is 0 Å². The van der Waals surface area contributed by atoms with Crippen LogP contribution in [0.25, 0.3) is 0 Å². The summed E-state index contributed by atoms with van der Waals surface area (Å²) in [6, 6.07) is 0.741. The molecule has 0 aromatic heterocycles. The SMILES string of the molecule is CCC[C@@H](C)NCC1CC1. The first-order chi connectivity index (χ1) is 4.83. The molecule has 1 atom stereocenters. The van der Waals surface area contributed by atoms with Crippen LogP contribution in [-0.4, -0.2) is 12.6 Å². The van der Waals surface area contributed by atoms with Gasteiger partial charge in [0.15, 0.2) is 0 Å². The Labute approximate surface area is 64.2 Å². The molecule has 0 bridgehead atoms. The van der Waals surface area contributed by atoms with Crippen LogP contribution < -0.4 is 5.32 Å². The molecular weight excluding hydrogens is 122 g/mol. The van der Waals surface area contributed by atoms with Crippen LogP contribution in [0, 0.1) is 5.92 Å². The molecule has 0 heterocycles. The number of hydrogen-bond acceptors (Lipinski definition) is 1. The predicted octanol–water partition coefficient (Wildman–Crippen LogP) is 2.17. The average molecular weight is 141 g/mol. The molecule has 1 rings (SSSR count). The van der Waals surface area contributed by atoms with E-state index in [2.05, 4.69) is 19.2 Å². The molecule has 1 saturated carbocycles. The van der Waals surface area contributed by atoms with Crippen molar-refractivity contribution in [2.45, 2.75) is 45.6 Å². The van der Waals surface area contributed by atoms with E-state index in [0.717, 1.165) is 12.0 Å². The van der Waals surface area contributed by atoms with Crippen LogP contribution >= 0.6 is 0 Å². The summed E-state index contributed by atoms with van der Waals surface area (Å²) in [5, 5.41) is 3.55. The molecule has 1 fully saturated rings. The van der Waals surface area contributed by atoms with E-state index < -0.39 is 0 Å². The van der Waals surface area contributed by atoms with Gasteiger partial charge < -0.3 is 5.32 Å². The van der Waals surface area contributed by atoms with Gasteiger partial charge in [0, 0.05) is 6.04 Å². The molecule has 1 aliphatic carbocycles. The number of nitrogens with one attached hydrogen (secondary N) is 1. The highest BCUT2D eigenvalue weighted by Gasteiger charge is 2.20. The first-order valence-corrected chi connectivity index (χ1v) is 4.56. The van der Waals surface area contributed by atoms with E-state index in [1.54, 1.807) is 0 Å². The van der Waals surface area contributed by atoms with Crippen LogP contribution in [0.2, 0.25) is 0 Å². The van der Waals surface area contributed by atoms with Crippen molar-refractivity contribution in [3.05, 3.63) is 0 Å². The molecule has 0 aromatic carbocycles. The summed E-state index contributed by atoms with van der Waals surface area (Å²) in [5.41, 5.74) is 0. The summed E-state index contributed by atoms with van der Waals surface area (Å²) in [6.45, 7) is 5.79. The van der Waals surface area contributed by atoms with E-state index in [-0.39, 0.29) is 0 Å². The molecule has 0 radical (unpaired) electrons. The number of hydrogen-bond donors (Lipinski definition) is 1. The maximum absolute atomic E-state index is 3.55. The van der Waals surface area contributed by atoms with Crippen molar-refractivity contribution in [3.63, 3.8) is 0 Å². The maximum Gasteiger partial charge on any atom is 0.00387 e. The third-order valence-corrected chi connectivity index (χ3v) is 2.17. The van der Waals surface area contributed by atoms with Crippen molar-refractivity contribution in [2.24, 2.45) is 5.92 Å². The molecular formula is C9H19N. The molecule has 0 unspecified atom stereocenters. The molecule has 0 aromatic rings. The Morgan fingerprint density at radius 3 is 2.70 bits per heavy atom. The summed E-state index contributed by atoms with van der Waals surface area (Å²) in [6.07, 6.45) is 5.56. The lowest BCUT2D eigenvalue weighted by atomic mass is 10.2. The van der Waals surface area contributed by atoms with Gasteiger partial charge in [0.25, 0.3) is 0 Å². The maximum atomic E-state index is 3.55. The second-order valence-corrected chi connectivity index (χ2v) is 3.54. The average Bonchev–Trinajstić information content (AvgIpc) is 2.67. The summed E-state index contributed by atoms with van der Waals surface area (Å²) in [4.78, 5) is 0. The smallest absolute Gasteiger partial charge is 0.00387 e. The first kappa shape index (κ1) is 8.06. The molecule has 1 heteroatoms. The van der Waals surface area contributed by atoms with Crippen molar-refractivity contribution < 1.29 is 0 Å². The Morgan fingerprint density at radius 2 is 2.20 bits per heavy atom. The fourth-order valence-corrected chi connectivity index (χ4v) is 1.22. The standard InChI is InChI=1S/C9H19N/c1-3-4-8(2)10-7-9-5-6-9/h8-10H,3-7H2,1-2H3/t8-/m1/s1. The molecule has 1 aliphatic rings. The van der Waals surface area contributed by atoms with Crippen LogP contribution in [0.4, 0.5) is 0 Å². The van der Waals surface area contributed by atoms with E-state index in [1.807, 2.05) is 0 Å². The zero-order valence-electron chi connectivity index (χ0n) is 7.19. The van der Waals surface area contributed by atoms with Gasteiger partial charge in [-0.1, -0.05) is 13.3 Å². The Morgan fingerprint density at radius 1 is 1.50 bits per heavy atom. The third kappa shape index (κ3) is 3.21. The Bertz CT molecular complexity index is 86.7. The lowest BCUT2D eigenvalue weighted by Gasteiger charge is -2.11. The zero-order valence-corrected chi connectivity index (χ0v) is 7.19. The van der Waals surface area contributed by atoms with Gasteiger partial charge in [0.2, 0.25) is 0 Å². The quantitative estimate of drug-likeness (QED) is 0.618. The molecule has 0 aliphatic heterocycles. The highest BCUT2D eigenvalue weighted by atomic mass is 14.9. The van der Waals surface area contributed by atoms with Gasteiger partial charge in [-0.3, -0.25) is 0 Å². The minimum Gasteiger partial charge on any atom is -0.314 e. The second-order valence-electron chi connectivity index (χ2n) is 3.54. The van der Waals surface area contributed by atoms with E-state index in [9.17, 15) is 0 Å². The highest BCUT2D eigenvalue weighted by Crippen LogP contribution is 2.27. The first-order valence-electron chi connectivity index (χ1n) is 4.56. The largest absolute Gasteiger partial charge is 0.314 e. The van der Waals surface area contributed by atoms with E-state index in [1.165, 1.54) is 32.2 Å². The van der Waals surface area contributed by atoms with Crippen molar-refractivity contribution >= 4 is 0 Å². The van der Waals surface area contributed by atoms with Gasteiger partial charge in [0.1, 0.15) is 0 Å². The second kappa shape index (κ2) is 3.97. The van der Waals surface area contributed by atoms with Crippen LogP contribution in [0.15, 0.2) is 0 Å². The van der Waals surface area contributed by atoms with Crippen molar-refractivity contribution in [1.82, 2.24) is 5.32 Å². The molecule has 1 nitrogen and oxygen atoms in total. The van der Waals surface area contributed by atoms with Crippen LogP contribution in [0.3, 0.4) is 0 Å². The van der Waals surface area contributed by atoms with E-state index >= 15 is 0 Å². The normalized spacial score (nSPS) is 21.0. The topological polar surface area (TPSA) is 12.0 Å². The van der Waals surface area contributed by atoms with Gasteiger partial charge in [-0.2, -0.15) is 0 Å². The van der Waals surface area contributed by atoms with Crippen LogP contribution in [-0.2, 0) is 0 Å². The molecule has 0 spiro atoms. The summed E-state index contributed by atoms with van der Waals surface area (Å²) >= 11 is 0. The Balaban J connectivity index is 1.89. The Hall–Kier alpha value is -0.0400. The minimum atomic E-state index is 0.741. The van der Waals surface area contributed by atoms with Gasteiger partial charge in [-0.25, -0.2) is 0 Å².